The van der Waals surface area contributed by atoms with Crippen LogP contribution in [0.25, 0.3) is 0 Å². The molecule has 3 atom stereocenters. The third-order valence-corrected chi connectivity index (χ3v) is 5.79. The maximum absolute atomic E-state index is 13.0. The van der Waals surface area contributed by atoms with Crippen LogP contribution in [0.2, 0.25) is 0 Å². The second-order valence-corrected chi connectivity index (χ2v) is 8.11. The van der Waals surface area contributed by atoms with Gasteiger partial charge in [-0.15, -0.1) is 0 Å². The van der Waals surface area contributed by atoms with Crippen LogP contribution in [0.3, 0.4) is 0 Å². The van der Waals surface area contributed by atoms with Crippen LogP contribution in [0.1, 0.15) is 38.3 Å². The second-order valence-electron chi connectivity index (χ2n) is 6.12. The van der Waals surface area contributed by atoms with Crippen molar-refractivity contribution in [2.24, 2.45) is 5.92 Å². The van der Waals surface area contributed by atoms with Gasteiger partial charge in [-0.1, -0.05) is 25.5 Å². The molecule has 1 aliphatic rings. The highest BCUT2D eigenvalue weighted by molar-refractivity contribution is 7.88. The number of hydrogen-bond donors (Lipinski definition) is 1. The van der Waals surface area contributed by atoms with Crippen molar-refractivity contribution in [3.8, 4) is 0 Å². The summed E-state index contributed by atoms with van der Waals surface area (Å²) in [4.78, 5) is 0. The fraction of sp³-hybridized carbons (Fsp3) is 0.625. The van der Waals surface area contributed by atoms with Crippen molar-refractivity contribution in [2.45, 2.75) is 38.8 Å². The summed E-state index contributed by atoms with van der Waals surface area (Å²) in [5.41, 5.74) is 1.04. The summed E-state index contributed by atoms with van der Waals surface area (Å²) < 4.78 is 38.0. The van der Waals surface area contributed by atoms with Gasteiger partial charge < -0.3 is 5.32 Å². The Morgan fingerprint density at radius 3 is 2.55 bits per heavy atom. The molecule has 1 heterocycles. The van der Waals surface area contributed by atoms with E-state index in [1.165, 1.54) is 18.4 Å². The molecule has 0 aromatic heterocycles. The van der Waals surface area contributed by atoms with E-state index in [-0.39, 0.29) is 17.9 Å². The highest BCUT2D eigenvalue weighted by Crippen LogP contribution is 2.25. The summed E-state index contributed by atoms with van der Waals surface area (Å²) in [6.45, 7) is 5.28. The van der Waals surface area contributed by atoms with Gasteiger partial charge in [0.25, 0.3) is 0 Å². The molecule has 0 unspecified atom stereocenters. The molecule has 0 amide bonds. The zero-order chi connectivity index (χ0) is 16.3. The van der Waals surface area contributed by atoms with Crippen LogP contribution in [-0.2, 0) is 10.0 Å². The summed E-state index contributed by atoms with van der Waals surface area (Å²) in [7, 11) is -3.11. The molecule has 0 spiro atoms. The third kappa shape index (κ3) is 4.27. The number of halogens is 1. The fourth-order valence-electron chi connectivity index (χ4n) is 3.10. The van der Waals surface area contributed by atoms with E-state index in [0.717, 1.165) is 18.4 Å². The third-order valence-electron chi connectivity index (χ3n) is 4.52. The quantitative estimate of drug-likeness (QED) is 0.904. The Labute approximate surface area is 132 Å². The van der Waals surface area contributed by atoms with Crippen LogP contribution < -0.4 is 5.32 Å². The SMILES string of the molecule is CC[C@@H]1CN(S(C)(=O)=O)CC[C@@H]1N[C@@H](C)c1ccc(F)cc1. The minimum absolute atomic E-state index is 0.115. The molecule has 1 N–H and O–H groups in total. The molecule has 0 bridgehead atoms. The Bertz CT molecular complexity index is 589. The van der Waals surface area contributed by atoms with E-state index < -0.39 is 10.0 Å². The van der Waals surface area contributed by atoms with Crippen LogP contribution in [0.5, 0.6) is 0 Å². The second kappa shape index (κ2) is 7.06. The lowest BCUT2D eigenvalue weighted by Gasteiger charge is -2.38. The monoisotopic (exact) mass is 328 g/mol. The van der Waals surface area contributed by atoms with Gasteiger partial charge in [0, 0.05) is 25.2 Å². The number of rotatable bonds is 5. The van der Waals surface area contributed by atoms with E-state index in [1.54, 1.807) is 16.4 Å². The molecule has 0 saturated carbocycles. The molecule has 1 saturated heterocycles. The number of benzene rings is 1. The first-order valence-electron chi connectivity index (χ1n) is 7.78. The first-order valence-corrected chi connectivity index (χ1v) is 9.62. The normalized spacial score (nSPS) is 25.1. The lowest BCUT2D eigenvalue weighted by molar-refractivity contribution is 0.193. The average molecular weight is 328 g/mol. The molecule has 0 aliphatic carbocycles. The molecule has 1 aromatic rings. The van der Waals surface area contributed by atoms with Gasteiger partial charge in [-0.05, 0) is 37.0 Å². The van der Waals surface area contributed by atoms with E-state index in [9.17, 15) is 12.8 Å². The number of nitrogens with zero attached hydrogens (tertiary/aromatic N) is 1. The van der Waals surface area contributed by atoms with Crippen LogP contribution in [0.4, 0.5) is 4.39 Å². The van der Waals surface area contributed by atoms with Crippen molar-refractivity contribution in [3.63, 3.8) is 0 Å². The van der Waals surface area contributed by atoms with Crippen molar-refractivity contribution in [3.05, 3.63) is 35.6 Å². The Morgan fingerprint density at radius 1 is 1.36 bits per heavy atom. The topological polar surface area (TPSA) is 49.4 Å². The van der Waals surface area contributed by atoms with E-state index in [4.69, 9.17) is 0 Å². The van der Waals surface area contributed by atoms with Crippen LogP contribution in [-0.4, -0.2) is 38.1 Å². The zero-order valence-corrected chi connectivity index (χ0v) is 14.2. The van der Waals surface area contributed by atoms with Gasteiger partial charge in [0.1, 0.15) is 5.82 Å². The summed E-state index contributed by atoms with van der Waals surface area (Å²) in [5, 5.41) is 3.58. The summed E-state index contributed by atoms with van der Waals surface area (Å²) in [6.07, 6.45) is 3.01. The summed E-state index contributed by atoms with van der Waals surface area (Å²) in [5.74, 6) is 0.0650. The molecular weight excluding hydrogens is 303 g/mol. The molecule has 4 nitrogen and oxygen atoms in total. The molecule has 0 radical (unpaired) electrons. The highest BCUT2D eigenvalue weighted by Gasteiger charge is 2.32. The molecule has 1 aliphatic heterocycles. The Kier molecular flexibility index (Phi) is 5.58. The first kappa shape index (κ1) is 17.4. The highest BCUT2D eigenvalue weighted by atomic mass is 32.2. The van der Waals surface area contributed by atoms with Crippen molar-refractivity contribution in [2.75, 3.05) is 19.3 Å². The Morgan fingerprint density at radius 2 is 2.00 bits per heavy atom. The average Bonchev–Trinajstić information content (AvgIpc) is 2.47. The van der Waals surface area contributed by atoms with Gasteiger partial charge >= 0.3 is 0 Å². The molecule has 1 fully saturated rings. The van der Waals surface area contributed by atoms with Gasteiger partial charge in [0.2, 0.25) is 10.0 Å². The van der Waals surface area contributed by atoms with E-state index in [2.05, 4.69) is 19.2 Å². The number of sulfonamides is 1. The number of hydrogen-bond acceptors (Lipinski definition) is 3. The number of nitrogens with one attached hydrogen (secondary N) is 1. The molecule has 1 aromatic carbocycles. The fourth-order valence-corrected chi connectivity index (χ4v) is 4.00. The zero-order valence-electron chi connectivity index (χ0n) is 13.4. The molecule has 6 heteroatoms. The predicted octanol–water partition coefficient (Wildman–Crippen LogP) is 2.54. The minimum atomic E-state index is -3.11. The Balaban J connectivity index is 2.01. The van der Waals surface area contributed by atoms with Crippen molar-refractivity contribution in [1.82, 2.24) is 9.62 Å². The predicted molar refractivity (Wildman–Crippen MR) is 86.6 cm³/mol. The van der Waals surface area contributed by atoms with Crippen LogP contribution >= 0.6 is 0 Å². The smallest absolute Gasteiger partial charge is 0.211 e. The minimum Gasteiger partial charge on any atom is -0.307 e. The summed E-state index contributed by atoms with van der Waals surface area (Å²) in [6, 6.07) is 6.92. The largest absolute Gasteiger partial charge is 0.307 e. The maximum atomic E-state index is 13.0. The van der Waals surface area contributed by atoms with Gasteiger partial charge in [0.15, 0.2) is 0 Å². The van der Waals surface area contributed by atoms with Crippen molar-refractivity contribution in [1.29, 1.82) is 0 Å². The summed E-state index contributed by atoms with van der Waals surface area (Å²) >= 11 is 0. The van der Waals surface area contributed by atoms with Crippen LogP contribution in [0.15, 0.2) is 24.3 Å². The first-order chi connectivity index (χ1) is 10.3. The van der Waals surface area contributed by atoms with E-state index in [1.807, 2.05) is 0 Å². The number of piperidine rings is 1. The molecule has 124 valence electrons. The van der Waals surface area contributed by atoms with E-state index in [0.29, 0.717) is 19.0 Å². The van der Waals surface area contributed by atoms with Crippen molar-refractivity contribution < 1.29 is 12.8 Å². The van der Waals surface area contributed by atoms with Gasteiger partial charge in [-0.2, -0.15) is 0 Å². The standard InChI is InChI=1S/C16H25FN2O2S/c1-4-13-11-19(22(3,20)21)10-9-16(13)18-12(2)14-5-7-15(17)8-6-14/h5-8,12-13,16,18H,4,9-11H2,1-3H3/t12-,13+,16-/m0/s1. The lowest BCUT2D eigenvalue weighted by Crippen LogP contribution is -2.51. The molecule has 22 heavy (non-hydrogen) atoms. The van der Waals surface area contributed by atoms with Crippen LogP contribution in [0, 0.1) is 11.7 Å². The van der Waals surface area contributed by atoms with E-state index >= 15 is 0 Å². The van der Waals surface area contributed by atoms with Crippen molar-refractivity contribution >= 4 is 10.0 Å². The molecule has 2 rings (SSSR count). The molecular formula is C16H25FN2O2S. The van der Waals surface area contributed by atoms with Gasteiger partial charge in [-0.25, -0.2) is 17.1 Å². The maximum Gasteiger partial charge on any atom is 0.211 e. The Hall–Kier alpha value is -0.980. The van der Waals surface area contributed by atoms with Gasteiger partial charge in [0.05, 0.1) is 6.26 Å². The van der Waals surface area contributed by atoms with Gasteiger partial charge in [-0.3, -0.25) is 0 Å². The lowest BCUT2D eigenvalue weighted by atomic mass is 9.90.